The smallest absolute Gasteiger partial charge is 0.327 e. The molecule has 4 amide bonds. The number of urea groups is 2. The zero-order valence-corrected chi connectivity index (χ0v) is 19.8. The van der Waals surface area contributed by atoms with Crippen molar-refractivity contribution in [3.63, 3.8) is 0 Å². The van der Waals surface area contributed by atoms with Crippen LogP contribution in [0.5, 0.6) is 28.7 Å². The van der Waals surface area contributed by atoms with Gasteiger partial charge in [-0.05, 0) is 48.5 Å². The third-order valence-corrected chi connectivity index (χ3v) is 5.13. The first-order valence-corrected chi connectivity index (χ1v) is 10.8. The Kier molecular flexibility index (Phi) is 7.35. The number of anilines is 2. The number of hydrogen-bond acceptors (Lipinski definition) is 7. The Bertz CT molecular complexity index is 1390. The molecule has 0 aliphatic carbocycles. The fourth-order valence-corrected chi connectivity index (χ4v) is 3.44. The molecule has 1 aromatic heterocycles. The lowest BCUT2D eigenvalue weighted by atomic mass is 10.2. The van der Waals surface area contributed by atoms with Crippen molar-refractivity contribution < 1.29 is 28.5 Å². The molecule has 10 heteroatoms. The number of carbonyl (C=O) groups excluding carboxylic acids is 2. The number of amides is 4. The number of fused-ring (bicyclic) bond motifs is 1. The summed E-state index contributed by atoms with van der Waals surface area (Å²) in [6.07, 6.45) is 1.64. The molecule has 0 saturated carbocycles. The Labute approximate surface area is 207 Å². The first-order chi connectivity index (χ1) is 17.5. The van der Waals surface area contributed by atoms with Gasteiger partial charge in [0, 0.05) is 23.3 Å². The number of pyridine rings is 1. The molecule has 3 N–H and O–H groups in total. The third kappa shape index (κ3) is 5.55. The molecule has 0 aliphatic heterocycles. The van der Waals surface area contributed by atoms with Crippen molar-refractivity contribution in [2.75, 3.05) is 32.0 Å². The highest BCUT2D eigenvalue weighted by Crippen LogP contribution is 2.37. The minimum atomic E-state index is -0.700. The van der Waals surface area contributed by atoms with E-state index in [0.717, 1.165) is 5.39 Å². The standard InChI is InChI=1S/C26H24N4O6/c1-33-22-7-5-4-6-19(22)29-26(32)30-25(31)28-16-8-10-17(11-9-16)36-21-12-13-27-20-15-24(35-3)23(34-2)14-18(20)21/h4-15H,1-3H3,(H3,28,29,30,31,32). The maximum atomic E-state index is 12.2. The second-order valence-electron chi connectivity index (χ2n) is 7.39. The Hall–Kier alpha value is -4.99. The van der Waals surface area contributed by atoms with Crippen LogP contribution in [0.3, 0.4) is 0 Å². The molecule has 4 rings (SSSR count). The molecule has 0 atom stereocenters. The van der Waals surface area contributed by atoms with Crippen LogP contribution in [0.2, 0.25) is 0 Å². The van der Waals surface area contributed by atoms with E-state index in [2.05, 4.69) is 20.9 Å². The van der Waals surface area contributed by atoms with Gasteiger partial charge in [-0.3, -0.25) is 10.3 Å². The molecule has 36 heavy (non-hydrogen) atoms. The lowest BCUT2D eigenvalue weighted by molar-refractivity contribution is 0.240. The summed E-state index contributed by atoms with van der Waals surface area (Å²) < 4.78 is 21.9. The van der Waals surface area contributed by atoms with Gasteiger partial charge in [-0.15, -0.1) is 0 Å². The van der Waals surface area contributed by atoms with E-state index < -0.39 is 12.1 Å². The molecular weight excluding hydrogens is 464 g/mol. The topological polar surface area (TPSA) is 120 Å². The molecule has 0 fully saturated rings. The van der Waals surface area contributed by atoms with E-state index in [0.29, 0.717) is 45.6 Å². The van der Waals surface area contributed by atoms with Gasteiger partial charge < -0.3 is 29.6 Å². The van der Waals surface area contributed by atoms with Crippen LogP contribution >= 0.6 is 0 Å². The van der Waals surface area contributed by atoms with Crippen molar-refractivity contribution in [3.8, 4) is 28.7 Å². The highest BCUT2D eigenvalue weighted by molar-refractivity contribution is 6.05. The maximum absolute atomic E-state index is 12.2. The van der Waals surface area contributed by atoms with Crippen LogP contribution < -0.4 is 34.9 Å². The molecule has 4 aromatic rings. The number of benzene rings is 3. The van der Waals surface area contributed by atoms with E-state index in [-0.39, 0.29) is 0 Å². The van der Waals surface area contributed by atoms with Gasteiger partial charge in [-0.2, -0.15) is 0 Å². The number of hydrogen-bond donors (Lipinski definition) is 3. The van der Waals surface area contributed by atoms with Crippen LogP contribution in [0.15, 0.2) is 72.9 Å². The SMILES string of the molecule is COc1ccccc1NC(=O)NC(=O)Nc1ccc(Oc2ccnc3cc(OC)c(OC)cc23)cc1. The highest BCUT2D eigenvalue weighted by Gasteiger charge is 2.13. The Morgan fingerprint density at radius 2 is 1.39 bits per heavy atom. The summed E-state index contributed by atoms with van der Waals surface area (Å²) in [5.41, 5.74) is 1.59. The average Bonchev–Trinajstić information content (AvgIpc) is 2.89. The molecule has 1 heterocycles. The van der Waals surface area contributed by atoms with Crippen molar-refractivity contribution in [2.24, 2.45) is 0 Å². The zero-order chi connectivity index (χ0) is 25.5. The van der Waals surface area contributed by atoms with E-state index in [4.69, 9.17) is 18.9 Å². The van der Waals surface area contributed by atoms with Gasteiger partial charge in [-0.1, -0.05) is 12.1 Å². The fraction of sp³-hybridized carbons (Fsp3) is 0.115. The summed E-state index contributed by atoms with van der Waals surface area (Å²) in [7, 11) is 4.61. The summed E-state index contributed by atoms with van der Waals surface area (Å²) >= 11 is 0. The van der Waals surface area contributed by atoms with Crippen LogP contribution in [0.25, 0.3) is 10.9 Å². The molecule has 3 aromatic carbocycles. The van der Waals surface area contributed by atoms with Gasteiger partial charge in [0.1, 0.15) is 17.2 Å². The van der Waals surface area contributed by atoms with Crippen molar-refractivity contribution >= 4 is 34.3 Å². The van der Waals surface area contributed by atoms with Gasteiger partial charge in [0.2, 0.25) is 0 Å². The zero-order valence-electron chi connectivity index (χ0n) is 19.8. The molecule has 0 unspecified atom stereocenters. The molecule has 0 spiro atoms. The van der Waals surface area contributed by atoms with Gasteiger partial charge in [-0.25, -0.2) is 9.59 Å². The monoisotopic (exact) mass is 488 g/mol. The number of imide groups is 1. The number of nitrogens with zero attached hydrogens (tertiary/aromatic N) is 1. The van der Waals surface area contributed by atoms with Gasteiger partial charge in [0.25, 0.3) is 0 Å². The summed E-state index contributed by atoms with van der Waals surface area (Å²) in [4.78, 5) is 28.7. The first kappa shape index (κ1) is 24.1. The normalized spacial score (nSPS) is 10.3. The van der Waals surface area contributed by atoms with Gasteiger partial charge >= 0.3 is 12.1 Å². The van der Waals surface area contributed by atoms with E-state index in [9.17, 15) is 9.59 Å². The lowest BCUT2D eigenvalue weighted by Crippen LogP contribution is -2.37. The van der Waals surface area contributed by atoms with Crippen molar-refractivity contribution in [3.05, 3.63) is 72.9 Å². The minimum Gasteiger partial charge on any atom is -0.495 e. The first-order valence-electron chi connectivity index (χ1n) is 10.8. The number of para-hydroxylation sites is 2. The van der Waals surface area contributed by atoms with Crippen molar-refractivity contribution in [1.82, 2.24) is 10.3 Å². The van der Waals surface area contributed by atoms with Crippen LogP contribution in [-0.2, 0) is 0 Å². The average molecular weight is 489 g/mol. The highest BCUT2D eigenvalue weighted by atomic mass is 16.5. The van der Waals surface area contributed by atoms with Gasteiger partial charge in [0.05, 0.1) is 32.5 Å². The number of carbonyl (C=O) groups is 2. The minimum absolute atomic E-state index is 0.437. The quantitative estimate of drug-likeness (QED) is 0.318. The fourth-order valence-electron chi connectivity index (χ4n) is 3.44. The predicted octanol–water partition coefficient (Wildman–Crippen LogP) is 5.41. The van der Waals surface area contributed by atoms with Gasteiger partial charge in [0.15, 0.2) is 11.5 Å². The van der Waals surface area contributed by atoms with Crippen molar-refractivity contribution in [2.45, 2.75) is 0 Å². The van der Waals surface area contributed by atoms with E-state index in [1.165, 1.54) is 7.11 Å². The molecule has 0 radical (unpaired) electrons. The van der Waals surface area contributed by atoms with E-state index in [1.54, 1.807) is 87.1 Å². The van der Waals surface area contributed by atoms with E-state index in [1.807, 2.05) is 0 Å². The van der Waals surface area contributed by atoms with Crippen LogP contribution in [0, 0.1) is 0 Å². The second-order valence-corrected chi connectivity index (χ2v) is 7.39. The number of aromatic nitrogens is 1. The molecule has 0 saturated heterocycles. The third-order valence-electron chi connectivity index (χ3n) is 5.13. The molecular formula is C26H24N4O6. The Morgan fingerprint density at radius 1 is 0.722 bits per heavy atom. The maximum Gasteiger partial charge on any atom is 0.327 e. The van der Waals surface area contributed by atoms with E-state index >= 15 is 0 Å². The second kappa shape index (κ2) is 11.0. The van der Waals surface area contributed by atoms with Crippen molar-refractivity contribution in [1.29, 1.82) is 0 Å². The molecule has 10 nitrogen and oxygen atoms in total. The summed E-state index contributed by atoms with van der Waals surface area (Å²) in [5, 5.41) is 8.12. The summed E-state index contributed by atoms with van der Waals surface area (Å²) in [6.45, 7) is 0. The molecule has 0 aliphatic rings. The number of ether oxygens (including phenoxy) is 4. The lowest BCUT2D eigenvalue weighted by Gasteiger charge is -2.13. The Balaban J connectivity index is 1.39. The van der Waals surface area contributed by atoms with Crippen LogP contribution in [0.1, 0.15) is 0 Å². The molecule has 0 bridgehead atoms. The summed E-state index contributed by atoms with van der Waals surface area (Å²) in [5.74, 6) is 2.72. The number of methoxy groups -OCH3 is 3. The number of rotatable bonds is 7. The summed E-state index contributed by atoms with van der Waals surface area (Å²) in [6, 6.07) is 17.5. The van der Waals surface area contributed by atoms with Crippen LogP contribution in [0.4, 0.5) is 21.0 Å². The predicted molar refractivity (Wildman–Crippen MR) is 136 cm³/mol. The molecule has 184 valence electrons. The largest absolute Gasteiger partial charge is 0.495 e. The number of nitrogens with one attached hydrogen (secondary N) is 3. The Morgan fingerprint density at radius 3 is 2.11 bits per heavy atom. The van der Waals surface area contributed by atoms with Crippen LogP contribution in [-0.4, -0.2) is 38.4 Å².